The molecule has 1 aliphatic rings. The van der Waals surface area contributed by atoms with Crippen LogP contribution in [0.25, 0.3) is 10.8 Å². The number of benzene rings is 3. The lowest BCUT2D eigenvalue weighted by Gasteiger charge is -2.26. The molecule has 4 rings (SSSR count). The standard InChI is InChI=1S/C24H23N3O5/c28-22-14-19-4-2-1-3-18(19)13-21(22)24(30)26-25-15-17-5-7-20(8-6-17)32-16-23(29)27-9-11-31-12-10-27/h1-8,13-15,28H,9-12,16H2,(H,26,30). The summed E-state index contributed by atoms with van der Waals surface area (Å²) in [6.45, 7) is 2.24. The van der Waals surface area contributed by atoms with Gasteiger partial charge in [0, 0.05) is 13.1 Å². The van der Waals surface area contributed by atoms with E-state index < -0.39 is 5.91 Å². The van der Waals surface area contributed by atoms with Crippen LogP contribution in [0, 0.1) is 0 Å². The van der Waals surface area contributed by atoms with Crippen LogP contribution in [0.15, 0.2) is 65.8 Å². The molecule has 1 heterocycles. The van der Waals surface area contributed by atoms with Crippen LogP contribution in [-0.4, -0.2) is 60.9 Å². The molecular weight excluding hydrogens is 410 g/mol. The van der Waals surface area contributed by atoms with Gasteiger partial charge in [-0.15, -0.1) is 0 Å². The molecule has 0 aromatic heterocycles. The normalized spacial score (nSPS) is 13.9. The SMILES string of the molecule is O=C(NN=Cc1ccc(OCC(=O)N2CCOCC2)cc1)c1cc2ccccc2cc1O. The third-order valence-corrected chi connectivity index (χ3v) is 5.09. The molecule has 8 nitrogen and oxygen atoms in total. The summed E-state index contributed by atoms with van der Waals surface area (Å²) in [5, 5.41) is 15.8. The molecule has 0 bridgehead atoms. The fourth-order valence-corrected chi connectivity index (χ4v) is 3.34. The second-order valence-corrected chi connectivity index (χ2v) is 7.27. The lowest BCUT2D eigenvalue weighted by molar-refractivity contribution is -0.137. The molecule has 0 atom stereocenters. The monoisotopic (exact) mass is 433 g/mol. The van der Waals surface area contributed by atoms with Gasteiger partial charge >= 0.3 is 0 Å². The minimum atomic E-state index is -0.508. The predicted octanol–water partition coefficient (Wildman–Crippen LogP) is 2.55. The maximum Gasteiger partial charge on any atom is 0.275 e. The van der Waals surface area contributed by atoms with Crippen molar-refractivity contribution in [2.75, 3.05) is 32.9 Å². The van der Waals surface area contributed by atoms with E-state index in [0.29, 0.717) is 32.1 Å². The predicted molar refractivity (Wildman–Crippen MR) is 120 cm³/mol. The molecule has 3 aromatic rings. The van der Waals surface area contributed by atoms with E-state index in [0.717, 1.165) is 16.3 Å². The number of ether oxygens (including phenoxy) is 2. The van der Waals surface area contributed by atoms with E-state index >= 15 is 0 Å². The summed E-state index contributed by atoms with van der Waals surface area (Å²) in [4.78, 5) is 26.2. The molecule has 164 valence electrons. The maximum atomic E-state index is 12.4. The Balaban J connectivity index is 1.30. The van der Waals surface area contributed by atoms with E-state index in [9.17, 15) is 14.7 Å². The molecule has 0 spiro atoms. The van der Waals surface area contributed by atoms with Gasteiger partial charge in [-0.25, -0.2) is 5.43 Å². The Labute approximate surface area is 185 Å². The molecule has 0 radical (unpaired) electrons. The van der Waals surface area contributed by atoms with Gasteiger partial charge in [0.05, 0.1) is 25.0 Å². The Hall–Kier alpha value is -3.91. The second kappa shape index (κ2) is 9.93. The molecule has 2 amide bonds. The van der Waals surface area contributed by atoms with E-state index in [4.69, 9.17) is 9.47 Å². The van der Waals surface area contributed by atoms with Gasteiger partial charge < -0.3 is 19.5 Å². The van der Waals surface area contributed by atoms with Crippen molar-refractivity contribution in [1.29, 1.82) is 0 Å². The second-order valence-electron chi connectivity index (χ2n) is 7.27. The van der Waals surface area contributed by atoms with Crippen molar-refractivity contribution in [3.8, 4) is 11.5 Å². The highest BCUT2D eigenvalue weighted by atomic mass is 16.5. The molecule has 1 fully saturated rings. The molecule has 8 heteroatoms. The van der Waals surface area contributed by atoms with Gasteiger partial charge in [-0.2, -0.15) is 5.10 Å². The minimum Gasteiger partial charge on any atom is -0.507 e. The topological polar surface area (TPSA) is 100 Å². The largest absolute Gasteiger partial charge is 0.507 e. The highest BCUT2D eigenvalue weighted by Gasteiger charge is 2.17. The quantitative estimate of drug-likeness (QED) is 0.460. The van der Waals surface area contributed by atoms with E-state index in [2.05, 4.69) is 10.5 Å². The van der Waals surface area contributed by atoms with Gasteiger partial charge in [0.15, 0.2) is 6.61 Å². The highest BCUT2D eigenvalue weighted by molar-refractivity contribution is 6.01. The molecule has 32 heavy (non-hydrogen) atoms. The number of nitrogens with zero attached hydrogens (tertiary/aromatic N) is 2. The average Bonchev–Trinajstić information content (AvgIpc) is 2.83. The summed E-state index contributed by atoms with van der Waals surface area (Å²) in [5.41, 5.74) is 3.31. The molecule has 3 aromatic carbocycles. The zero-order chi connectivity index (χ0) is 22.3. The smallest absolute Gasteiger partial charge is 0.275 e. The van der Waals surface area contributed by atoms with E-state index in [1.807, 2.05) is 24.3 Å². The van der Waals surface area contributed by atoms with Crippen molar-refractivity contribution in [3.63, 3.8) is 0 Å². The van der Waals surface area contributed by atoms with Crippen molar-refractivity contribution >= 4 is 28.8 Å². The van der Waals surface area contributed by atoms with Crippen LogP contribution < -0.4 is 10.2 Å². The Morgan fingerprint density at radius 3 is 2.47 bits per heavy atom. The van der Waals surface area contributed by atoms with Crippen LogP contribution >= 0.6 is 0 Å². The van der Waals surface area contributed by atoms with Gasteiger partial charge in [0.1, 0.15) is 11.5 Å². The number of nitrogens with one attached hydrogen (secondary N) is 1. The molecule has 1 saturated heterocycles. The van der Waals surface area contributed by atoms with Crippen molar-refractivity contribution in [1.82, 2.24) is 10.3 Å². The lowest BCUT2D eigenvalue weighted by Crippen LogP contribution is -2.42. The molecule has 2 N–H and O–H groups in total. The number of hydrogen-bond donors (Lipinski definition) is 2. The summed E-state index contributed by atoms with van der Waals surface area (Å²) in [6, 6.07) is 17.6. The third kappa shape index (κ3) is 5.22. The fourth-order valence-electron chi connectivity index (χ4n) is 3.34. The van der Waals surface area contributed by atoms with Crippen LogP contribution in [0.1, 0.15) is 15.9 Å². The summed E-state index contributed by atoms with van der Waals surface area (Å²) in [5.74, 6) is -0.122. The number of fused-ring (bicyclic) bond motifs is 1. The fraction of sp³-hybridized carbons (Fsp3) is 0.208. The van der Waals surface area contributed by atoms with Crippen molar-refractivity contribution < 1.29 is 24.2 Å². The molecule has 0 unspecified atom stereocenters. The number of phenols is 1. The highest BCUT2D eigenvalue weighted by Crippen LogP contribution is 2.24. The first-order valence-electron chi connectivity index (χ1n) is 10.2. The number of phenolic OH excluding ortho intramolecular Hbond substituents is 1. The van der Waals surface area contributed by atoms with Crippen LogP contribution in [-0.2, 0) is 9.53 Å². The van der Waals surface area contributed by atoms with Crippen molar-refractivity contribution in [3.05, 3.63) is 71.8 Å². The van der Waals surface area contributed by atoms with Crippen LogP contribution in [0.2, 0.25) is 0 Å². The molecular formula is C24H23N3O5. The number of carbonyl (C=O) groups is 2. The first-order chi connectivity index (χ1) is 15.6. The maximum absolute atomic E-state index is 12.4. The Kier molecular flexibility index (Phi) is 6.62. The molecule has 0 aliphatic carbocycles. The van der Waals surface area contributed by atoms with Crippen LogP contribution in [0.5, 0.6) is 11.5 Å². The number of morpholine rings is 1. The zero-order valence-electron chi connectivity index (χ0n) is 17.4. The van der Waals surface area contributed by atoms with Crippen molar-refractivity contribution in [2.45, 2.75) is 0 Å². The Morgan fingerprint density at radius 1 is 1.06 bits per heavy atom. The summed E-state index contributed by atoms with van der Waals surface area (Å²) in [7, 11) is 0. The van der Waals surface area contributed by atoms with E-state index in [-0.39, 0.29) is 23.8 Å². The summed E-state index contributed by atoms with van der Waals surface area (Å²) >= 11 is 0. The van der Waals surface area contributed by atoms with Crippen LogP contribution in [0.4, 0.5) is 0 Å². The minimum absolute atomic E-state index is 0.0290. The number of amides is 2. The first-order valence-corrected chi connectivity index (χ1v) is 10.2. The number of hydrazone groups is 1. The summed E-state index contributed by atoms with van der Waals surface area (Å²) in [6.07, 6.45) is 1.48. The summed E-state index contributed by atoms with van der Waals surface area (Å²) < 4.78 is 10.8. The van der Waals surface area contributed by atoms with Gasteiger partial charge in [-0.3, -0.25) is 9.59 Å². The first kappa shape index (κ1) is 21.3. The van der Waals surface area contributed by atoms with E-state index in [1.54, 1.807) is 41.3 Å². The van der Waals surface area contributed by atoms with E-state index in [1.165, 1.54) is 6.21 Å². The number of carbonyl (C=O) groups excluding carboxylic acids is 2. The molecule has 1 aliphatic heterocycles. The third-order valence-electron chi connectivity index (χ3n) is 5.09. The number of rotatable bonds is 6. The van der Waals surface area contributed by atoms with Crippen molar-refractivity contribution in [2.24, 2.45) is 5.10 Å². The Bertz CT molecular complexity index is 1140. The Morgan fingerprint density at radius 2 is 1.75 bits per heavy atom. The van der Waals surface area contributed by atoms with Gasteiger partial charge in [-0.1, -0.05) is 24.3 Å². The molecule has 0 saturated carbocycles. The van der Waals surface area contributed by atoms with Crippen LogP contribution in [0.3, 0.4) is 0 Å². The van der Waals surface area contributed by atoms with Gasteiger partial charge in [0.25, 0.3) is 11.8 Å². The zero-order valence-corrected chi connectivity index (χ0v) is 17.4. The number of hydrogen-bond acceptors (Lipinski definition) is 6. The van der Waals surface area contributed by atoms with Gasteiger partial charge in [0.2, 0.25) is 0 Å². The average molecular weight is 433 g/mol. The lowest BCUT2D eigenvalue weighted by atomic mass is 10.1. The van der Waals surface area contributed by atoms with Gasteiger partial charge in [-0.05, 0) is 52.7 Å². The number of aromatic hydroxyl groups is 1.